The molecule has 72 valence electrons. The van der Waals surface area contributed by atoms with E-state index in [1.807, 2.05) is 18.5 Å². The van der Waals surface area contributed by atoms with Crippen molar-refractivity contribution in [2.24, 2.45) is 0 Å². The molecule has 0 amide bonds. The average Bonchev–Trinajstić information content (AvgIpc) is 2.48. The van der Waals surface area contributed by atoms with Crippen LogP contribution in [-0.2, 0) is 6.54 Å². The Kier molecular flexibility index (Phi) is 4.12. The summed E-state index contributed by atoms with van der Waals surface area (Å²) in [7, 11) is 0. The third-order valence-corrected chi connectivity index (χ3v) is 2.91. The van der Waals surface area contributed by atoms with Gasteiger partial charge in [-0.05, 0) is 20.3 Å². The minimum Gasteiger partial charge on any atom is -0.309 e. The molecule has 3 heteroatoms. The van der Waals surface area contributed by atoms with E-state index in [4.69, 9.17) is 0 Å². The molecule has 13 heavy (non-hydrogen) atoms. The molecule has 1 unspecified atom stereocenters. The highest BCUT2D eigenvalue weighted by atomic mass is 32.1. The zero-order valence-corrected chi connectivity index (χ0v) is 9.03. The molecule has 1 aromatic rings. The van der Waals surface area contributed by atoms with E-state index in [-0.39, 0.29) is 0 Å². The SMILES string of the molecule is C=CCC(C)NCc1scnc1C. The first kappa shape index (κ1) is 10.4. The zero-order valence-electron chi connectivity index (χ0n) is 8.21. The Hall–Kier alpha value is -0.670. The van der Waals surface area contributed by atoms with Crippen molar-refractivity contribution in [2.45, 2.75) is 32.9 Å². The van der Waals surface area contributed by atoms with E-state index in [0.717, 1.165) is 18.7 Å². The Balaban J connectivity index is 2.34. The summed E-state index contributed by atoms with van der Waals surface area (Å²) in [6, 6.07) is 0.499. The van der Waals surface area contributed by atoms with Crippen molar-refractivity contribution in [3.8, 4) is 0 Å². The van der Waals surface area contributed by atoms with Crippen LogP contribution in [-0.4, -0.2) is 11.0 Å². The lowest BCUT2D eigenvalue weighted by molar-refractivity contribution is 0.556. The standard InChI is InChI=1S/C10H16N2S/c1-4-5-8(2)11-6-10-9(3)12-7-13-10/h4,7-8,11H,1,5-6H2,2-3H3. The molecular weight excluding hydrogens is 180 g/mol. The largest absolute Gasteiger partial charge is 0.309 e. The highest BCUT2D eigenvalue weighted by Crippen LogP contribution is 2.11. The summed E-state index contributed by atoms with van der Waals surface area (Å²) in [5, 5.41) is 3.43. The summed E-state index contributed by atoms with van der Waals surface area (Å²) < 4.78 is 0. The number of thiazole rings is 1. The van der Waals surface area contributed by atoms with Gasteiger partial charge < -0.3 is 5.32 Å². The molecule has 1 N–H and O–H groups in total. The maximum atomic E-state index is 4.20. The van der Waals surface area contributed by atoms with Crippen molar-refractivity contribution < 1.29 is 0 Å². The number of nitrogens with zero attached hydrogens (tertiary/aromatic N) is 1. The lowest BCUT2D eigenvalue weighted by atomic mass is 10.2. The molecular formula is C10H16N2S. The molecule has 0 saturated heterocycles. The van der Waals surface area contributed by atoms with Crippen molar-refractivity contribution in [3.05, 3.63) is 28.7 Å². The first-order chi connectivity index (χ1) is 6.24. The van der Waals surface area contributed by atoms with Crippen molar-refractivity contribution >= 4 is 11.3 Å². The Morgan fingerprint density at radius 3 is 3.08 bits per heavy atom. The monoisotopic (exact) mass is 196 g/mol. The lowest BCUT2D eigenvalue weighted by Gasteiger charge is -2.10. The predicted octanol–water partition coefficient (Wildman–Crippen LogP) is 2.51. The number of nitrogens with one attached hydrogen (secondary N) is 1. The number of rotatable bonds is 5. The Morgan fingerprint density at radius 2 is 2.54 bits per heavy atom. The normalized spacial score (nSPS) is 12.8. The van der Waals surface area contributed by atoms with Crippen LogP contribution in [0.5, 0.6) is 0 Å². The first-order valence-corrected chi connectivity index (χ1v) is 5.35. The Bertz CT molecular complexity index is 268. The number of aryl methyl sites for hydroxylation is 1. The maximum absolute atomic E-state index is 4.20. The third kappa shape index (κ3) is 3.28. The van der Waals surface area contributed by atoms with Crippen LogP contribution in [0.15, 0.2) is 18.2 Å². The van der Waals surface area contributed by atoms with Gasteiger partial charge in [0.15, 0.2) is 0 Å². The number of aromatic nitrogens is 1. The molecule has 0 aliphatic rings. The van der Waals surface area contributed by atoms with Gasteiger partial charge in [-0.1, -0.05) is 6.08 Å². The number of hydrogen-bond donors (Lipinski definition) is 1. The van der Waals surface area contributed by atoms with E-state index in [0.29, 0.717) is 6.04 Å². The van der Waals surface area contributed by atoms with Gasteiger partial charge in [0.05, 0.1) is 11.2 Å². The summed E-state index contributed by atoms with van der Waals surface area (Å²) in [4.78, 5) is 5.53. The topological polar surface area (TPSA) is 24.9 Å². The summed E-state index contributed by atoms with van der Waals surface area (Å²) in [6.45, 7) is 8.85. The summed E-state index contributed by atoms with van der Waals surface area (Å²) in [5.41, 5.74) is 3.04. The van der Waals surface area contributed by atoms with Crippen LogP contribution in [0.4, 0.5) is 0 Å². The van der Waals surface area contributed by atoms with Crippen LogP contribution >= 0.6 is 11.3 Å². The lowest BCUT2D eigenvalue weighted by Crippen LogP contribution is -2.24. The van der Waals surface area contributed by atoms with Crippen molar-refractivity contribution in [1.82, 2.24) is 10.3 Å². The van der Waals surface area contributed by atoms with Crippen molar-refractivity contribution in [1.29, 1.82) is 0 Å². The van der Waals surface area contributed by atoms with Crippen LogP contribution in [0.3, 0.4) is 0 Å². The molecule has 2 nitrogen and oxygen atoms in total. The molecule has 0 radical (unpaired) electrons. The van der Waals surface area contributed by atoms with Crippen LogP contribution in [0.2, 0.25) is 0 Å². The van der Waals surface area contributed by atoms with E-state index in [1.54, 1.807) is 11.3 Å². The Labute approximate surface area is 83.7 Å². The average molecular weight is 196 g/mol. The molecule has 0 aliphatic carbocycles. The van der Waals surface area contributed by atoms with Crippen LogP contribution in [0.1, 0.15) is 23.9 Å². The van der Waals surface area contributed by atoms with Gasteiger partial charge in [-0.15, -0.1) is 17.9 Å². The van der Waals surface area contributed by atoms with E-state index in [1.165, 1.54) is 4.88 Å². The quantitative estimate of drug-likeness (QED) is 0.732. The summed E-state index contributed by atoms with van der Waals surface area (Å²) in [5.74, 6) is 0. The molecule has 1 heterocycles. The predicted molar refractivity (Wildman–Crippen MR) is 58.0 cm³/mol. The summed E-state index contributed by atoms with van der Waals surface area (Å²) >= 11 is 1.71. The minimum atomic E-state index is 0.499. The second-order valence-corrected chi connectivity index (χ2v) is 4.11. The van der Waals surface area contributed by atoms with E-state index in [2.05, 4.69) is 23.8 Å². The molecule has 0 aromatic carbocycles. The highest BCUT2D eigenvalue weighted by molar-refractivity contribution is 7.09. The zero-order chi connectivity index (χ0) is 9.68. The highest BCUT2D eigenvalue weighted by Gasteiger charge is 2.02. The van der Waals surface area contributed by atoms with Crippen molar-refractivity contribution in [3.63, 3.8) is 0 Å². The number of hydrogen-bond acceptors (Lipinski definition) is 3. The van der Waals surface area contributed by atoms with Gasteiger partial charge in [0.1, 0.15) is 0 Å². The minimum absolute atomic E-state index is 0.499. The van der Waals surface area contributed by atoms with Gasteiger partial charge in [-0.3, -0.25) is 0 Å². The second kappa shape index (κ2) is 5.14. The van der Waals surface area contributed by atoms with Gasteiger partial charge in [0.2, 0.25) is 0 Å². The molecule has 1 atom stereocenters. The van der Waals surface area contributed by atoms with Crippen molar-refractivity contribution in [2.75, 3.05) is 0 Å². The van der Waals surface area contributed by atoms with Gasteiger partial charge in [-0.25, -0.2) is 4.98 Å². The van der Waals surface area contributed by atoms with Gasteiger partial charge in [-0.2, -0.15) is 0 Å². The Morgan fingerprint density at radius 1 is 1.77 bits per heavy atom. The van der Waals surface area contributed by atoms with E-state index in [9.17, 15) is 0 Å². The molecule has 0 fully saturated rings. The maximum Gasteiger partial charge on any atom is 0.0798 e. The van der Waals surface area contributed by atoms with Gasteiger partial charge in [0, 0.05) is 17.5 Å². The third-order valence-electron chi connectivity index (χ3n) is 1.98. The fraction of sp³-hybridized carbons (Fsp3) is 0.500. The van der Waals surface area contributed by atoms with Crippen LogP contribution in [0, 0.1) is 6.92 Å². The fourth-order valence-corrected chi connectivity index (χ4v) is 1.82. The molecule has 0 spiro atoms. The fourth-order valence-electron chi connectivity index (χ4n) is 1.10. The smallest absolute Gasteiger partial charge is 0.0798 e. The van der Waals surface area contributed by atoms with Gasteiger partial charge in [0.25, 0.3) is 0 Å². The van der Waals surface area contributed by atoms with Crippen LogP contribution < -0.4 is 5.32 Å². The first-order valence-electron chi connectivity index (χ1n) is 4.47. The van der Waals surface area contributed by atoms with E-state index < -0.39 is 0 Å². The van der Waals surface area contributed by atoms with E-state index >= 15 is 0 Å². The second-order valence-electron chi connectivity index (χ2n) is 3.17. The molecule has 0 aliphatic heterocycles. The molecule has 1 aromatic heterocycles. The molecule has 1 rings (SSSR count). The summed E-state index contributed by atoms with van der Waals surface area (Å²) in [6.07, 6.45) is 2.95. The molecule has 0 saturated carbocycles. The van der Waals surface area contributed by atoms with Gasteiger partial charge >= 0.3 is 0 Å². The molecule has 0 bridgehead atoms. The van der Waals surface area contributed by atoms with Crippen LogP contribution in [0.25, 0.3) is 0 Å².